The molecule has 0 unspecified atom stereocenters. The lowest BCUT2D eigenvalue weighted by molar-refractivity contribution is -0.116. The molecule has 2 aromatic heterocycles. The third-order valence-electron chi connectivity index (χ3n) is 2.15. The Labute approximate surface area is 107 Å². The molecule has 0 saturated carbocycles. The minimum atomic E-state index is -0.150. The summed E-state index contributed by atoms with van der Waals surface area (Å²) in [5, 5.41) is 6.67. The first-order valence-corrected chi connectivity index (χ1v) is 5.85. The number of aryl methyl sites for hydroxylation is 1. The van der Waals surface area contributed by atoms with E-state index >= 15 is 0 Å². The first kappa shape index (κ1) is 11.8. The summed E-state index contributed by atoms with van der Waals surface area (Å²) in [5.41, 5.74) is 0.835. The number of carbonyl (C=O) groups is 1. The SMILES string of the molecule is Cc1nc(NC(=O)Cn2cccn2)ccc1Br. The van der Waals surface area contributed by atoms with Crippen molar-refractivity contribution in [2.45, 2.75) is 13.5 Å². The van der Waals surface area contributed by atoms with Crippen LogP contribution in [0.3, 0.4) is 0 Å². The van der Waals surface area contributed by atoms with Crippen LogP contribution in [-0.4, -0.2) is 20.7 Å². The molecule has 88 valence electrons. The Morgan fingerprint density at radius 2 is 2.35 bits per heavy atom. The Balaban J connectivity index is 2.00. The zero-order chi connectivity index (χ0) is 12.3. The summed E-state index contributed by atoms with van der Waals surface area (Å²) in [6, 6.07) is 5.37. The normalized spacial score (nSPS) is 10.2. The maximum atomic E-state index is 11.7. The maximum Gasteiger partial charge on any atom is 0.247 e. The smallest absolute Gasteiger partial charge is 0.247 e. The van der Waals surface area contributed by atoms with E-state index in [-0.39, 0.29) is 12.5 Å². The predicted molar refractivity (Wildman–Crippen MR) is 67.5 cm³/mol. The van der Waals surface area contributed by atoms with Crippen LogP contribution in [0.2, 0.25) is 0 Å². The van der Waals surface area contributed by atoms with E-state index in [1.165, 1.54) is 0 Å². The Hall–Kier alpha value is -1.69. The molecule has 1 N–H and O–H groups in total. The monoisotopic (exact) mass is 294 g/mol. The van der Waals surface area contributed by atoms with E-state index in [0.717, 1.165) is 10.2 Å². The van der Waals surface area contributed by atoms with E-state index in [4.69, 9.17) is 0 Å². The minimum absolute atomic E-state index is 0.150. The predicted octanol–water partition coefficient (Wildman–Crippen LogP) is 1.99. The van der Waals surface area contributed by atoms with E-state index < -0.39 is 0 Å². The van der Waals surface area contributed by atoms with Crippen molar-refractivity contribution < 1.29 is 4.79 Å². The molecule has 0 spiro atoms. The van der Waals surface area contributed by atoms with Gasteiger partial charge >= 0.3 is 0 Å². The molecule has 5 nitrogen and oxygen atoms in total. The van der Waals surface area contributed by atoms with Gasteiger partial charge in [0.2, 0.25) is 5.91 Å². The van der Waals surface area contributed by atoms with Gasteiger partial charge < -0.3 is 5.32 Å². The molecule has 0 aromatic carbocycles. The van der Waals surface area contributed by atoms with E-state index in [9.17, 15) is 4.79 Å². The standard InChI is InChI=1S/C11H11BrN4O/c1-8-9(12)3-4-10(14-8)15-11(17)7-16-6-2-5-13-16/h2-6H,7H2,1H3,(H,14,15,17). The molecule has 6 heteroatoms. The van der Waals surface area contributed by atoms with Gasteiger partial charge in [-0.3, -0.25) is 9.48 Å². The highest BCUT2D eigenvalue weighted by Gasteiger charge is 2.05. The number of hydrogen-bond donors (Lipinski definition) is 1. The molecule has 2 heterocycles. The topological polar surface area (TPSA) is 59.8 Å². The Kier molecular flexibility index (Phi) is 3.53. The fourth-order valence-corrected chi connectivity index (χ4v) is 1.56. The third kappa shape index (κ3) is 3.13. The third-order valence-corrected chi connectivity index (χ3v) is 2.99. The minimum Gasteiger partial charge on any atom is -0.309 e. The number of pyridine rings is 1. The molecule has 0 radical (unpaired) electrons. The molecule has 0 bridgehead atoms. The molecule has 0 fully saturated rings. The highest BCUT2D eigenvalue weighted by atomic mass is 79.9. The number of nitrogens with one attached hydrogen (secondary N) is 1. The molecular weight excluding hydrogens is 284 g/mol. The number of anilines is 1. The number of aromatic nitrogens is 3. The Bertz CT molecular complexity index is 524. The lowest BCUT2D eigenvalue weighted by Crippen LogP contribution is -2.19. The number of hydrogen-bond acceptors (Lipinski definition) is 3. The van der Waals surface area contributed by atoms with E-state index in [1.54, 1.807) is 29.2 Å². The van der Waals surface area contributed by atoms with Crippen LogP contribution in [0.25, 0.3) is 0 Å². The second-order valence-corrected chi connectivity index (χ2v) is 4.37. The highest BCUT2D eigenvalue weighted by Crippen LogP contribution is 2.16. The number of halogens is 1. The molecule has 2 rings (SSSR count). The fourth-order valence-electron chi connectivity index (χ4n) is 1.34. The summed E-state index contributed by atoms with van der Waals surface area (Å²) in [7, 11) is 0. The van der Waals surface area contributed by atoms with Crippen molar-refractivity contribution in [2.75, 3.05) is 5.32 Å². The molecule has 0 saturated heterocycles. The Morgan fingerprint density at radius 1 is 1.53 bits per heavy atom. The lowest BCUT2D eigenvalue weighted by atomic mass is 10.3. The molecular formula is C11H11BrN4O. The van der Waals surface area contributed by atoms with Gasteiger partial charge in [0.25, 0.3) is 0 Å². The molecule has 0 atom stereocenters. The molecule has 2 aromatic rings. The van der Waals surface area contributed by atoms with Crippen LogP contribution < -0.4 is 5.32 Å². The lowest BCUT2D eigenvalue weighted by Gasteiger charge is -2.06. The van der Waals surface area contributed by atoms with Gasteiger partial charge in [0, 0.05) is 16.9 Å². The van der Waals surface area contributed by atoms with Crippen molar-refractivity contribution in [2.24, 2.45) is 0 Å². The van der Waals surface area contributed by atoms with Gasteiger partial charge in [-0.05, 0) is 41.1 Å². The van der Waals surface area contributed by atoms with Crippen molar-refractivity contribution in [1.29, 1.82) is 0 Å². The zero-order valence-corrected chi connectivity index (χ0v) is 10.8. The van der Waals surface area contributed by atoms with Crippen molar-refractivity contribution in [3.63, 3.8) is 0 Å². The summed E-state index contributed by atoms with van der Waals surface area (Å²) >= 11 is 3.35. The molecule has 1 amide bonds. The fraction of sp³-hybridized carbons (Fsp3) is 0.182. The van der Waals surface area contributed by atoms with Crippen molar-refractivity contribution in [3.05, 3.63) is 40.8 Å². The summed E-state index contributed by atoms with van der Waals surface area (Å²) in [6.07, 6.45) is 3.37. The van der Waals surface area contributed by atoms with E-state index in [0.29, 0.717) is 5.82 Å². The van der Waals surface area contributed by atoms with Crippen LogP contribution >= 0.6 is 15.9 Å². The highest BCUT2D eigenvalue weighted by molar-refractivity contribution is 9.10. The molecule has 0 aliphatic heterocycles. The first-order valence-electron chi connectivity index (χ1n) is 5.05. The van der Waals surface area contributed by atoms with Gasteiger partial charge in [-0.2, -0.15) is 5.10 Å². The Morgan fingerprint density at radius 3 is 3.00 bits per heavy atom. The van der Waals surface area contributed by atoms with Crippen LogP contribution in [0.1, 0.15) is 5.69 Å². The van der Waals surface area contributed by atoms with Crippen LogP contribution in [0.4, 0.5) is 5.82 Å². The number of rotatable bonds is 3. The average molecular weight is 295 g/mol. The van der Waals surface area contributed by atoms with Crippen LogP contribution in [0, 0.1) is 6.92 Å². The number of carbonyl (C=O) groups excluding carboxylic acids is 1. The molecule has 17 heavy (non-hydrogen) atoms. The second-order valence-electron chi connectivity index (χ2n) is 3.52. The molecule has 0 aliphatic carbocycles. The van der Waals surface area contributed by atoms with Gasteiger partial charge in [-0.15, -0.1) is 0 Å². The van der Waals surface area contributed by atoms with Gasteiger partial charge in [0.1, 0.15) is 12.4 Å². The van der Waals surface area contributed by atoms with Crippen LogP contribution in [0.5, 0.6) is 0 Å². The first-order chi connectivity index (χ1) is 8.15. The van der Waals surface area contributed by atoms with Crippen molar-refractivity contribution in [1.82, 2.24) is 14.8 Å². The van der Waals surface area contributed by atoms with Crippen molar-refractivity contribution >= 4 is 27.7 Å². The summed E-state index contributed by atoms with van der Waals surface area (Å²) in [6.45, 7) is 2.05. The number of nitrogens with zero attached hydrogens (tertiary/aromatic N) is 3. The quantitative estimate of drug-likeness (QED) is 0.942. The van der Waals surface area contributed by atoms with Gasteiger partial charge in [-0.25, -0.2) is 4.98 Å². The van der Waals surface area contributed by atoms with E-state index in [2.05, 4.69) is 31.3 Å². The zero-order valence-electron chi connectivity index (χ0n) is 9.22. The number of amides is 1. The summed E-state index contributed by atoms with van der Waals surface area (Å²) in [4.78, 5) is 15.9. The summed E-state index contributed by atoms with van der Waals surface area (Å²) < 4.78 is 2.48. The van der Waals surface area contributed by atoms with Gasteiger partial charge in [-0.1, -0.05) is 0 Å². The maximum absolute atomic E-state index is 11.7. The van der Waals surface area contributed by atoms with Gasteiger partial charge in [0.05, 0.1) is 5.69 Å². The van der Waals surface area contributed by atoms with Crippen LogP contribution in [-0.2, 0) is 11.3 Å². The van der Waals surface area contributed by atoms with Crippen LogP contribution in [0.15, 0.2) is 35.1 Å². The second kappa shape index (κ2) is 5.09. The molecule has 0 aliphatic rings. The average Bonchev–Trinajstić information content (AvgIpc) is 2.76. The summed E-state index contributed by atoms with van der Waals surface area (Å²) in [5.74, 6) is 0.394. The van der Waals surface area contributed by atoms with Crippen molar-refractivity contribution in [3.8, 4) is 0 Å². The van der Waals surface area contributed by atoms with E-state index in [1.807, 2.05) is 13.0 Å². The van der Waals surface area contributed by atoms with Gasteiger partial charge in [0.15, 0.2) is 0 Å². The largest absolute Gasteiger partial charge is 0.309 e.